The second kappa shape index (κ2) is 3.37. The van der Waals surface area contributed by atoms with Crippen molar-refractivity contribution in [2.45, 2.75) is 38.2 Å². The Bertz CT molecular complexity index is 335. The minimum absolute atomic E-state index is 0.487. The van der Waals surface area contributed by atoms with Gasteiger partial charge < -0.3 is 15.4 Å². The number of aliphatic hydroxyl groups is 1. The van der Waals surface area contributed by atoms with E-state index < -0.39 is 5.60 Å². The molecule has 0 radical (unpaired) electrons. The highest BCUT2D eigenvalue weighted by molar-refractivity contribution is 5.31. The second-order valence-electron chi connectivity index (χ2n) is 3.99. The first-order valence-electron chi connectivity index (χ1n) is 5.05. The Hall–Kier alpha value is -0.870. The fourth-order valence-corrected chi connectivity index (χ4v) is 2.34. The monoisotopic (exact) mass is 196 g/mol. The summed E-state index contributed by atoms with van der Waals surface area (Å²) in [6.07, 6.45) is 3.17. The minimum atomic E-state index is -0.799. The summed E-state index contributed by atoms with van der Waals surface area (Å²) in [5.74, 6) is 0.838. The van der Waals surface area contributed by atoms with Gasteiger partial charge in [0.1, 0.15) is 5.76 Å². The predicted octanol–water partition coefficient (Wildman–Crippen LogP) is 0.856. The highest BCUT2D eigenvalue weighted by atomic mass is 16.5. The fourth-order valence-electron chi connectivity index (χ4n) is 2.34. The van der Waals surface area contributed by atoms with Crippen molar-refractivity contribution in [1.29, 1.82) is 0 Å². The van der Waals surface area contributed by atoms with Crippen LogP contribution in [0, 0.1) is 6.92 Å². The van der Waals surface area contributed by atoms with E-state index in [4.69, 9.17) is 10.3 Å². The van der Waals surface area contributed by atoms with Gasteiger partial charge in [-0.3, -0.25) is 0 Å². The lowest BCUT2D eigenvalue weighted by Gasteiger charge is -2.31. The number of fused-ring (bicyclic) bond motifs is 1. The Morgan fingerprint density at radius 2 is 2.43 bits per heavy atom. The zero-order chi connectivity index (χ0) is 10.2. The van der Waals surface area contributed by atoms with E-state index in [1.165, 1.54) is 0 Å². The van der Waals surface area contributed by atoms with Crippen molar-refractivity contribution in [2.75, 3.05) is 6.54 Å². The van der Waals surface area contributed by atoms with Crippen LogP contribution in [0.25, 0.3) is 0 Å². The van der Waals surface area contributed by atoms with Crippen LogP contribution in [0.2, 0.25) is 0 Å². The first-order valence-corrected chi connectivity index (χ1v) is 5.05. The third kappa shape index (κ3) is 1.35. The van der Waals surface area contributed by atoms with Gasteiger partial charge in [-0.15, -0.1) is 0 Å². The molecule has 1 heterocycles. The molecule has 0 amide bonds. The van der Waals surface area contributed by atoms with Crippen LogP contribution in [0.3, 0.4) is 0 Å². The van der Waals surface area contributed by atoms with E-state index >= 15 is 0 Å². The van der Waals surface area contributed by atoms with E-state index in [0.29, 0.717) is 13.0 Å². The number of hydrogen-bond acceptors (Lipinski definition) is 4. The van der Waals surface area contributed by atoms with Crippen LogP contribution >= 0.6 is 0 Å². The molecule has 3 N–H and O–H groups in total. The van der Waals surface area contributed by atoms with Crippen molar-refractivity contribution in [1.82, 2.24) is 5.16 Å². The first kappa shape index (κ1) is 9.68. The molecule has 1 aromatic rings. The van der Waals surface area contributed by atoms with E-state index in [2.05, 4.69) is 5.16 Å². The standard InChI is InChI=1S/C10H16N2O2/c1-7-9-8(14-12-7)3-2-4-10(9,13)5-6-11/h13H,2-6,11H2,1H3. The Kier molecular flexibility index (Phi) is 2.33. The summed E-state index contributed by atoms with van der Waals surface area (Å²) in [6.45, 7) is 2.36. The molecule has 4 heteroatoms. The van der Waals surface area contributed by atoms with Crippen LogP contribution in [-0.4, -0.2) is 16.8 Å². The molecule has 4 nitrogen and oxygen atoms in total. The molecule has 1 aromatic heterocycles. The van der Waals surface area contributed by atoms with E-state index in [9.17, 15) is 5.11 Å². The topological polar surface area (TPSA) is 72.3 Å². The highest BCUT2D eigenvalue weighted by Crippen LogP contribution is 2.39. The zero-order valence-electron chi connectivity index (χ0n) is 8.42. The summed E-state index contributed by atoms with van der Waals surface area (Å²) < 4.78 is 5.18. The van der Waals surface area contributed by atoms with Crippen molar-refractivity contribution >= 4 is 0 Å². The van der Waals surface area contributed by atoms with Crippen LogP contribution in [0.5, 0.6) is 0 Å². The van der Waals surface area contributed by atoms with Gasteiger partial charge in [0.2, 0.25) is 0 Å². The number of nitrogens with two attached hydrogens (primary N) is 1. The lowest BCUT2D eigenvalue weighted by molar-refractivity contribution is 0.00983. The van der Waals surface area contributed by atoms with Crippen molar-refractivity contribution in [3.8, 4) is 0 Å². The number of aromatic nitrogens is 1. The van der Waals surface area contributed by atoms with Crippen LogP contribution in [-0.2, 0) is 12.0 Å². The fraction of sp³-hybridized carbons (Fsp3) is 0.700. The molecule has 1 aliphatic rings. The number of aryl methyl sites for hydroxylation is 2. The summed E-state index contributed by atoms with van der Waals surface area (Å²) >= 11 is 0. The van der Waals surface area contributed by atoms with Crippen molar-refractivity contribution in [3.05, 3.63) is 17.0 Å². The summed E-state index contributed by atoms with van der Waals surface area (Å²) in [5.41, 5.74) is 6.40. The third-order valence-corrected chi connectivity index (χ3v) is 2.95. The van der Waals surface area contributed by atoms with Gasteiger partial charge in [-0.1, -0.05) is 5.16 Å². The van der Waals surface area contributed by atoms with Crippen molar-refractivity contribution in [3.63, 3.8) is 0 Å². The summed E-state index contributed by atoms with van der Waals surface area (Å²) in [7, 11) is 0. The summed E-state index contributed by atoms with van der Waals surface area (Å²) in [5, 5.41) is 14.3. The smallest absolute Gasteiger partial charge is 0.143 e. The predicted molar refractivity (Wildman–Crippen MR) is 51.7 cm³/mol. The largest absolute Gasteiger partial charge is 0.385 e. The molecule has 2 rings (SSSR count). The molecule has 78 valence electrons. The maximum atomic E-state index is 10.4. The molecule has 0 bridgehead atoms. The number of nitrogens with zero attached hydrogens (tertiary/aromatic N) is 1. The van der Waals surface area contributed by atoms with Gasteiger partial charge in [0.15, 0.2) is 0 Å². The third-order valence-electron chi connectivity index (χ3n) is 2.95. The van der Waals surface area contributed by atoms with Crippen LogP contribution < -0.4 is 5.73 Å². The Morgan fingerprint density at radius 1 is 1.64 bits per heavy atom. The molecule has 1 unspecified atom stereocenters. The molecule has 0 saturated carbocycles. The lowest BCUT2D eigenvalue weighted by atomic mass is 9.79. The lowest BCUT2D eigenvalue weighted by Crippen LogP contribution is -2.33. The first-order chi connectivity index (χ1) is 6.67. The van der Waals surface area contributed by atoms with Crippen LogP contribution in [0.15, 0.2) is 4.52 Å². The molecule has 0 fully saturated rings. The van der Waals surface area contributed by atoms with Gasteiger partial charge in [-0.25, -0.2) is 0 Å². The van der Waals surface area contributed by atoms with Crippen LogP contribution in [0.1, 0.15) is 36.3 Å². The Labute approximate surface area is 83.1 Å². The van der Waals surface area contributed by atoms with Gasteiger partial charge in [0.05, 0.1) is 11.3 Å². The number of hydrogen-bond donors (Lipinski definition) is 2. The molecule has 1 aliphatic carbocycles. The molecular weight excluding hydrogens is 180 g/mol. The summed E-state index contributed by atoms with van der Waals surface area (Å²) in [4.78, 5) is 0. The van der Waals surface area contributed by atoms with Gasteiger partial charge in [-0.2, -0.15) is 0 Å². The Balaban J connectivity index is 2.42. The second-order valence-corrected chi connectivity index (χ2v) is 3.99. The molecular formula is C10H16N2O2. The van der Waals surface area contributed by atoms with Crippen molar-refractivity contribution < 1.29 is 9.63 Å². The number of rotatable bonds is 2. The van der Waals surface area contributed by atoms with Crippen LogP contribution in [0.4, 0.5) is 0 Å². The van der Waals surface area contributed by atoms with E-state index in [1.807, 2.05) is 6.92 Å². The zero-order valence-corrected chi connectivity index (χ0v) is 8.42. The molecule has 0 saturated heterocycles. The molecule has 14 heavy (non-hydrogen) atoms. The highest BCUT2D eigenvalue weighted by Gasteiger charge is 2.38. The maximum absolute atomic E-state index is 10.4. The quantitative estimate of drug-likeness (QED) is 0.735. The normalized spacial score (nSPS) is 26.2. The Morgan fingerprint density at radius 3 is 3.14 bits per heavy atom. The SMILES string of the molecule is Cc1noc2c1C(O)(CCN)CCC2. The van der Waals surface area contributed by atoms with Gasteiger partial charge in [0.25, 0.3) is 0 Å². The summed E-state index contributed by atoms with van der Waals surface area (Å²) in [6, 6.07) is 0. The average molecular weight is 196 g/mol. The maximum Gasteiger partial charge on any atom is 0.143 e. The molecule has 1 atom stereocenters. The average Bonchev–Trinajstić information content (AvgIpc) is 2.49. The molecule has 0 aromatic carbocycles. The van der Waals surface area contributed by atoms with Gasteiger partial charge in [0, 0.05) is 12.0 Å². The van der Waals surface area contributed by atoms with E-state index in [1.54, 1.807) is 0 Å². The van der Waals surface area contributed by atoms with Gasteiger partial charge in [-0.05, 0) is 32.7 Å². The van der Waals surface area contributed by atoms with Crippen molar-refractivity contribution in [2.24, 2.45) is 5.73 Å². The molecule has 0 aliphatic heterocycles. The molecule has 0 spiro atoms. The van der Waals surface area contributed by atoms with E-state index in [0.717, 1.165) is 36.3 Å². The minimum Gasteiger partial charge on any atom is -0.385 e. The van der Waals surface area contributed by atoms with E-state index in [-0.39, 0.29) is 0 Å². The van der Waals surface area contributed by atoms with Gasteiger partial charge >= 0.3 is 0 Å².